The summed E-state index contributed by atoms with van der Waals surface area (Å²) < 4.78 is 1.11. The smallest absolute Gasteiger partial charge is 0.123 e. The minimum atomic E-state index is -0.542. The summed E-state index contributed by atoms with van der Waals surface area (Å²) in [6.07, 6.45) is 1.20. The standard InChI is InChI=1S/C12H13NOS/c1-3-8(2)11(14)12-13-9-6-4-5-7-10(9)15-12/h3-8,11,14H,1H2,2H3/t8-,11+/m1/s1. The van der Waals surface area contributed by atoms with Gasteiger partial charge in [0.2, 0.25) is 0 Å². The summed E-state index contributed by atoms with van der Waals surface area (Å²) >= 11 is 1.54. The summed E-state index contributed by atoms with van der Waals surface area (Å²) in [5.74, 6) is 0.0329. The molecule has 0 amide bonds. The quantitative estimate of drug-likeness (QED) is 0.804. The molecular weight excluding hydrogens is 206 g/mol. The third-order valence-electron chi connectivity index (χ3n) is 2.43. The van der Waals surface area contributed by atoms with Gasteiger partial charge in [0, 0.05) is 5.92 Å². The Morgan fingerprint density at radius 2 is 2.20 bits per heavy atom. The predicted molar refractivity (Wildman–Crippen MR) is 63.9 cm³/mol. The SMILES string of the molecule is C=C[C@@H](C)[C@H](O)c1nc2ccccc2s1. The van der Waals surface area contributed by atoms with E-state index in [1.807, 2.05) is 31.2 Å². The Balaban J connectivity index is 2.40. The van der Waals surface area contributed by atoms with Crippen molar-refractivity contribution in [3.63, 3.8) is 0 Å². The van der Waals surface area contributed by atoms with Crippen LogP contribution in [0.2, 0.25) is 0 Å². The summed E-state index contributed by atoms with van der Waals surface area (Å²) in [6, 6.07) is 7.91. The highest BCUT2D eigenvalue weighted by molar-refractivity contribution is 7.18. The number of thiazole rings is 1. The molecule has 3 heteroatoms. The van der Waals surface area contributed by atoms with Crippen molar-refractivity contribution in [3.05, 3.63) is 41.9 Å². The fourth-order valence-electron chi connectivity index (χ4n) is 1.37. The van der Waals surface area contributed by atoms with Crippen molar-refractivity contribution in [3.8, 4) is 0 Å². The van der Waals surface area contributed by atoms with Gasteiger partial charge in [-0.1, -0.05) is 25.1 Å². The Bertz CT molecular complexity index is 444. The number of hydrogen-bond donors (Lipinski definition) is 1. The highest BCUT2D eigenvalue weighted by atomic mass is 32.1. The number of fused-ring (bicyclic) bond motifs is 1. The van der Waals surface area contributed by atoms with Crippen molar-refractivity contribution in [2.45, 2.75) is 13.0 Å². The van der Waals surface area contributed by atoms with E-state index in [1.54, 1.807) is 17.4 Å². The maximum absolute atomic E-state index is 9.97. The van der Waals surface area contributed by atoms with Gasteiger partial charge in [-0.15, -0.1) is 17.9 Å². The van der Waals surface area contributed by atoms with Crippen LogP contribution >= 0.6 is 11.3 Å². The van der Waals surface area contributed by atoms with Gasteiger partial charge < -0.3 is 5.11 Å². The van der Waals surface area contributed by atoms with Crippen LogP contribution in [-0.2, 0) is 0 Å². The van der Waals surface area contributed by atoms with Gasteiger partial charge in [0.05, 0.1) is 10.2 Å². The van der Waals surface area contributed by atoms with Crippen LogP contribution in [0.3, 0.4) is 0 Å². The van der Waals surface area contributed by atoms with Crippen LogP contribution < -0.4 is 0 Å². The van der Waals surface area contributed by atoms with Crippen LogP contribution in [0.4, 0.5) is 0 Å². The van der Waals surface area contributed by atoms with Gasteiger partial charge in [-0.2, -0.15) is 0 Å². The lowest BCUT2D eigenvalue weighted by atomic mass is 10.1. The van der Waals surface area contributed by atoms with Crippen molar-refractivity contribution in [1.82, 2.24) is 4.98 Å². The normalized spacial score (nSPS) is 15.1. The van der Waals surface area contributed by atoms with E-state index in [1.165, 1.54) is 0 Å². The number of para-hydroxylation sites is 1. The molecule has 0 fully saturated rings. The number of aliphatic hydroxyl groups is 1. The van der Waals surface area contributed by atoms with E-state index in [-0.39, 0.29) is 5.92 Å². The molecule has 1 N–H and O–H groups in total. The monoisotopic (exact) mass is 219 g/mol. The molecular formula is C12H13NOS. The van der Waals surface area contributed by atoms with Gasteiger partial charge in [-0.3, -0.25) is 0 Å². The lowest BCUT2D eigenvalue weighted by Crippen LogP contribution is -2.05. The van der Waals surface area contributed by atoms with Crippen molar-refractivity contribution in [2.24, 2.45) is 5.92 Å². The van der Waals surface area contributed by atoms with Gasteiger partial charge in [-0.25, -0.2) is 4.98 Å². The van der Waals surface area contributed by atoms with E-state index in [0.29, 0.717) is 0 Å². The number of aliphatic hydroxyl groups excluding tert-OH is 1. The first-order valence-corrected chi connectivity index (χ1v) is 5.70. The molecule has 15 heavy (non-hydrogen) atoms. The summed E-state index contributed by atoms with van der Waals surface area (Å²) in [4.78, 5) is 4.40. The Hall–Kier alpha value is -1.19. The Kier molecular flexibility index (Phi) is 2.84. The molecule has 1 aromatic heterocycles. The summed E-state index contributed by atoms with van der Waals surface area (Å²) in [7, 11) is 0. The van der Waals surface area contributed by atoms with Crippen molar-refractivity contribution < 1.29 is 5.11 Å². The molecule has 0 saturated carbocycles. The van der Waals surface area contributed by atoms with Crippen molar-refractivity contribution in [2.75, 3.05) is 0 Å². The first-order valence-electron chi connectivity index (χ1n) is 4.88. The second kappa shape index (κ2) is 4.13. The molecule has 0 saturated heterocycles. The largest absolute Gasteiger partial charge is 0.385 e. The predicted octanol–water partition coefficient (Wildman–Crippen LogP) is 3.15. The van der Waals surface area contributed by atoms with E-state index >= 15 is 0 Å². The van der Waals surface area contributed by atoms with E-state index in [9.17, 15) is 5.11 Å². The molecule has 0 aliphatic carbocycles. The second-order valence-corrected chi connectivity index (χ2v) is 4.62. The fraction of sp³-hybridized carbons (Fsp3) is 0.250. The van der Waals surface area contributed by atoms with Crippen molar-refractivity contribution >= 4 is 21.6 Å². The molecule has 0 radical (unpaired) electrons. The molecule has 2 atom stereocenters. The number of rotatable bonds is 3. The summed E-state index contributed by atoms with van der Waals surface area (Å²) in [6.45, 7) is 5.61. The Morgan fingerprint density at radius 1 is 1.47 bits per heavy atom. The molecule has 1 heterocycles. The Labute approximate surface area is 92.9 Å². The van der Waals surface area contributed by atoms with Crippen LogP contribution in [0.1, 0.15) is 18.0 Å². The Morgan fingerprint density at radius 3 is 2.87 bits per heavy atom. The molecule has 2 aromatic rings. The highest BCUT2D eigenvalue weighted by Gasteiger charge is 2.17. The van der Waals surface area contributed by atoms with Gasteiger partial charge in [0.15, 0.2) is 0 Å². The lowest BCUT2D eigenvalue weighted by Gasteiger charge is -2.11. The number of hydrogen-bond acceptors (Lipinski definition) is 3. The minimum Gasteiger partial charge on any atom is -0.385 e. The average molecular weight is 219 g/mol. The van der Waals surface area contributed by atoms with E-state index < -0.39 is 6.10 Å². The van der Waals surface area contributed by atoms with Gasteiger partial charge in [0.25, 0.3) is 0 Å². The van der Waals surface area contributed by atoms with Crippen molar-refractivity contribution in [1.29, 1.82) is 0 Å². The highest BCUT2D eigenvalue weighted by Crippen LogP contribution is 2.30. The summed E-state index contributed by atoms with van der Waals surface area (Å²) in [5, 5.41) is 10.7. The minimum absolute atomic E-state index is 0.0329. The zero-order valence-corrected chi connectivity index (χ0v) is 9.37. The first-order chi connectivity index (χ1) is 7.22. The fourth-order valence-corrected chi connectivity index (χ4v) is 2.44. The number of nitrogens with zero attached hydrogens (tertiary/aromatic N) is 1. The molecule has 2 rings (SSSR count). The van der Waals surface area contributed by atoms with Gasteiger partial charge >= 0.3 is 0 Å². The van der Waals surface area contributed by atoms with Crippen LogP contribution in [0.25, 0.3) is 10.2 Å². The lowest BCUT2D eigenvalue weighted by molar-refractivity contribution is 0.139. The maximum atomic E-state index is 9.97. The third-order valence-corrected chi connectivity index (χ3v) is 3.54. The molecule has 0 spiro atoms. The van der Waals surface area contributed by atoms with E-state index in [0.717, 1.165) is 15.2 Å². The molecule has 1 aromatic carbocycles. The van der Waals surface area contributed by atoms with Crippen LogP contribution in [0.5, 0.6) is 0 Å². The molecule has 0 aliphatic heterocycles. The number of aromatic nitrogens is 1. The number of benzene rings is 1. The molecule has 2 nitrogen and oxygen atoms in total. The van der Waals surface area contributed by atoms with E-state index in [2.05, 4.69) is 11.6 Å². The van der Waals surface area contributed by atoms with E-state index in [4.69, 9.17) is 0 Å². The van der Waals surface area contributed by atoms with Gasteiger partial charge in [-0.05, 0) is 12.1 Å². The molecule has 78 valence electrons. The van der Waals surface area contributed by atoms with Crippen LogP contribution in [0.15, 0.2) is 36.9 Å². The molecule has 0 bridgehead atoms. The van der Waals surface area contributed by atoms with Crippen LogP contribution in [-0.4, -0.2) is 10.1 Å². The molecule has 0 aliphatic rings. The first kappa shape index (κ1) is 10.3. The molecule has 0 unspecified atom stereocenters. The third kappa shape index (κ3) is 1.94. The average Bonchev–Trinajstić information content (AvgIpc) is 2.70. The van der Waals surface area contributed by atoms with Gasteiger partial charge in [0.1, 0.15) is 11.1 Å². The van der Waals surface area contributed by atoms with Crippen LogP contribution in [0, 0.1) is 5.92 Å². The maximum Gasteiger partial charge on any atom is 0.123 e. The summed E-state index contributed by atoms with van der Waals surface area (Å²) in [5.41, 5.74) is 0.952. The second-order valence-electron chi connectivity index (χ2n) is 3.56. The zero-order chi connectivity index (χ0) is 10.8. The zero-order valence-electron chi connectivity index (χ0n) is 8.55. The topological polar surface area (TPSA) is 33.1 Å².